The van der Waals surface area contributed by atoms with Crippen molar-refractivity contribution in [1.29, 1.82) is 0 Å². The van der Waals surface area contributed by atoms with E-state index in [0.29, 0.717) is 18.4 Å². The Bertz CT molecular complexity index is 679. The lowest BCUT2D eigenvalue weighted by molar-refractivity contribution is -0.131. The highest BCUT2D eigenvalue weighted by molar-refractivity contribution is 14.0. The molecule has 7 heteroatoms. The lowest BCUT2D eigenvalue weighted by Gasteiger charge is -2.36. The molecule has 168 valence electrons. The van der Waals surface area contributed by atoms with Crippen LogP contribution >= 0.6 is 24.0 Å². The SMILES string of the molecule is CCNC(=NCC(C)c1ccc(C)cc1)N1CCN(CC(=O)N2CCCC2)CC1.I. The Kier molecular flexibility index (Phi) is 10.4. The highest BCUT2D eigenvalue weighted by Crippen LogP contribution is 2.16. The Morgan fingerprint density at radius 3 is 2.27 bits per heavy atom. The number of nitrogens with one attached hydrogen (secondary N) is 1. The van der Waals surface area contributed by atoms with Crippen LogP contribution in [0, 0.1) is 6.92 Å². The quantitative estimate of drug-likeness (QED) is 0.351. The summed E-state index contributed by atoms with van der Waals surface area (Å²) in [5, 5.41) is 3.45. The number of nitrogens with zero attached hydrogens (tertiary/aromatic N) is 4. The second-order valence-electron chi connectivity index (χ2n) is 8.36. The molecule has 1 aromatic rings. The second-order valence-corrected chi connectivity index (χ2v) is 8.36. The van der Waals surface area contributed by atoms with Gasteiger partial charge >= 0.3 is 0 Å². The minimum Gasteiger partial charge on any atom is -0.357 e. The maximum Gasteiger partial charge on any atom is 0.236 e. The normalized spacial score (nSPS) is 18.8. The summed E-state index contributed by atoms with van der Waals surface area (Å²) >= 11 is 0. The van der Waals surface area contributed by atoms with Gasteiger partial charge in [0, 0.05) is 58.3 Å². The molecule has 1 atom stereocenters. The maximum atomic E-state index is 12.4. The lowest BCUT2D eigenvalue weighted by Crippen LogP contribution is -2.54. The number of benzene rings is 1. The van der Waals surface area contributed by atoms with Crippen LogP contribution in [0.15, 0.2) is 29.3 Å². The fraction of sp³-hybridized carbons (Fsp3) is 0.652. The zero-order chi connectivity index (χ0) is 20.6. The first-order chi connectivity index (χ1) is 14.1. The molecule has 2 saturated heterocycles. The first-order valence-corrected chi connectivity index (χ1v) is 11.2. The predicted molar refractivity (Wildman–Crippen MR) is 135 cm³/mol. The fourth-order valence-corrected chi connectivity index (χ4v) is 4.03. The van der Waals surface area contributed by atoms with Gasteiger partial charge in [0.25, 0.3) is 0 Å². The van der Waals surface area contributed by atoms with Crippen molar-refractivity contribution in [1.82, 2.24) is 20.0 Å². The van der Waals surface area contributed by atoms with E-state index in [-0.39, 0.29) is 24.0 Å². The number of piperazine rings is 1. The molecule has 30 heavy (non-hydrogen) atoms. The first-order valence-electron chi connectivity index (χ1n) is 11.2. The van der Waals surface area contributed by atoms with Crippen molar-refractivity contribution >= 4 is 35.8 Å². The average molecular weight is 527 g/mol. The van der Waals surface area contributed by atoms with Gasteiger partial charge in [0.1, 0.15) is 0 Å². The molecule has 0 saturated carbocycles. The van der Waals surface area contributed by atoms with Crippen molar-refractivity contribution < 1.29 is 4.79 Å². The topological polar surface area (TPSA) is 51.2 Å². The van der Waals surface area contributed by atoms with Gasteiger partial charge in [0.2, 0.25) is 5.91 Å². The summed E-state index contributed by atoms with van der Waals surface area (Å²) in [6.45, 7) is 14.2. The van der Waals surface area contributed by atoms with E-state index >= 15 is 0 Å². The van der Waals surface area contributed by atoms with E-state index in [1.165, 1.54) is 11.1 Å². The molecular formula is C23H38IN5O. The van der Waals surface area contributed by atoms with Gasteiger partial charge in [-0.05, 0) is 32.3 Å². The second kappa shape index (κ2) is 12.5. The zero-order valence-electron chi connectivity index (χ0n) is 18.8. The number of halogens is 1. The monoisotopic (exact) mass is 527 g/mol. The Morgan fingerprint density at radius 1 is 1.03 bits per heavy atom. The largest absolute Gasteiger partial charge is 0.357 e. The van der Waals surface area contributed by atoms with Gasteiger partial charge < -0.3 is 15.1 Å². The standard InChI is InChI=1S/C23H37N5O.HI/c1-4-24-23(25-17-20(3)21-9-7-19(2)8-10-21)28-15-13-26(14-16-28)18-22(29)27-11-5-6-12-27;/h7-10,20H,4-6,11-18H2,1-3H3,(H,24,25);1H. The molecule has 2 aliphatic heterocycles. The Balaban J connectivity index is 0.00000320. The third-order valence-electron chi connectivity index (χ3n) is 5.99. The molecule has 0 aliphatic carbocycles. The Labute approximate surface area is 199 Å². The van der Waals surface area contributed by atoms with Crippen molar-refractivity contribution in [2.75, 3.05) is 58.9 Å². The van der Waals surface area contributed by atoms with Crippen LogP contribution in [0.3, 0.4) is 0 Å². The summed E-state index contributed by atoms with van der Waals surface area (Å²) in [6.07, 6.45) is 2.31. The molecule has 0 bridgehead atoms. The van der Waals surface area contributed by atoms with Gasteiger partial charge in [0.15, 0.2) is 5.96 Å². The van der Waals surface area contributed by atoms with Gasteiger partial charge in [-0.1, -0.05) is 36.8 Å². The minimum absolute atomic E-state index is 0. The van der Waals surface area contributed by atoms with Crippen LogP contribution in [0.25, 0.3) is 0 Å². The van der Waals surface area contributed by atoms with Gasteiger partial charge in [0.05, 0.1) is 6.54 Å². The molecule has 6 nitrogen and oxygen atoms in total. The van der Waals surface area contributed by atoms with E-state index in [0.717, 1.165) is 71.2 Å². The number of amides is 1. The third-order valence-corrected chi connectivity index (χ3v) is 5.99. The summed E-state index contributed by atoms with van der Waals surface area (Å²) < 4.78 is 0. The zero-order valence-corrected chi connectivity index (χ0v) is 21.1. The van der Waals surface area contributed by atoms with Crippen LogP contribution in [-0.2, 0) is 4.79 Å². The molecule has 2 heterocycles. The maximum absolute atomic E-state index is 12.4. The highest BCUT2D eigenvalue weighted by Gasteiger charge is 2.24. The summed E-state index contributed by atoms with van der Waals surface area (Å²) in [6, 6.07) is 8.75. The molecule has 1 amide bonds. The van der Waals surface area contributed by atoms with Crippen molar-refractivity contribution in [2.24, 2.45) is 4.99 Å². The third kappa shape index (κ3) is 7.11. The van der Waals surface area contributed by atoms with Crippen molar-refractivity contribution in [3.63, 3.8) is 0 Å². The van der Waals surface area contributed by atoms with Crippen molar-refractivity contribution in [3.8, 4) is 0 Å². The number of carbonyl (C=O) groups excluding carboxylic acids is 1. The number of aliphatic imine (C=N–C) groups is 1. The number of rotatable bonds is 6. The van der Waals surface area contributed by atoms with Gasteiger partial charge in [-0.25, -0.2) is 0 Å². The number of aryl methyl sites for hydroxylation is 1. The molecule has 1 N–H and O–H groups in total. The predicted octanol–water partition coefficient (Wildman–Crippen LogP) is 2.92. The molecule has 2 aliphatic rings. The van der Waals surface area contributed by atoms with Crippen LogP contribution in [0.2, 0.25) is 0 Å². The summed E-state index contributed by atoms with van der Waals surface area (Å²) in [5.74, 6) is 1.68. The van der Waals surface area contributed by atoms with E-state index in [1.807, 2.05) is 4.90 Å². The number of guanidine groups is 1. The molecular weight excluding hydrogens is 489 g/mol. The lowest BCUT2D eigenvalue weighted by atomic mass is 10.0. The van der Waals surface area contributed by atoms with Crippen LogP contribution in [0.4, 0.5) is 0 Å². The van der Waals surface area contributed by atoms with Crippen LogP contribution in [0.1, 0.15) is 43.7 Å². The smallest absolute Gasteiger partial charge is 0.236 e. The van der Waals surface area contributed by atoms with Gasteiger partial charge in [-0.15, -0.1) is 24.0 Å². The van der Waals surface area contributed by atoms with E-state index < -0.39 is 0 Å². The molecule has 1 unspecified atom stereocenters. The van der Waals surface area contributed by atoms with Crippen molar-refractivity contribution in [3.05, 3.63) is 35.4 Å². The van der Waals surface area contributed by atoms with Crippen LogP contribution in [0.5, 0.6) is 0 Å². The molecule has 0 aromatic heterocycles. The minimum atomic E-state index is 0. The highest BCUT2D eigenvalue weighted by atomic mass is 127. The van der Waals surface area contributed by atoms with Gasteiger partial charge in [-0.3, -0.25) is 14.7 Å². The van der Waals surface area contributed by atoms with Crippen molar-refractivity contribution in [2.45, 2.75) is 39.5 Å². The average Bonchev–Trinajstić information content (AvgIpc) is 3.27. The summed E-state index contributed by atoms with van der Waals surface area (Å²) in [4.78, 5) is 24.0. The van der Waals surface area contributed by atoms with E-state index in [1.54, 1.807) is 0 Å². The molecule has 0 radical (unpaired) electrons. The molecule has 0 spiro atoms. The number of hydrogen-bond donors (Lipinski definition) is 1. The van der Waals surface area contributed by atoms with E-state index in [9.17, 15) is 4.79 Å². The fourth-order valence-electron chi connectivity index (χ4n) is 4.03. The summed E-state index contributed by atoms with van der Waals surface area (Å²) in [5.41, 5.74) is 2.62. The first kappa shape index (κ1) is 24.9. The van der Waals surface area contributed by atoms with E-state index in [2.05, 4.69) is 60.2 Å². The Morgan fingerprint density at radius 2 is 1.67 bits per heavy atom. The number of carbonyl (C=O) groups is 1. The Hall–Kier alpha value is -1.35. The van der Waals surface area contributed by atoms with E-state index in [4.69, 9.17) is 4.99 Å². The van der Waals surface area contributed by atoms with Crippen LogP contribution in [-0.4, -0.2) is 85.5 Å². The number of hydrogen-bond acceptors (Lipinski definition) is 3. The summed E-state index contributed by atoms with van der Waals surface area (Å²) in [7, 11) is 0. The molecule has 2 fully saturated rings. The van der Waals surface area contributed by atoms with Crippen LogP contribution < -0.4 is 5.32 Å². The van der Waals surface area contributed by atoms with Gasteiger partial charge in [-0.2, -0.15) is 0 Å². The number of likely N-dealkylation sites (tertiary alicyclic amines) is 1. The molecule has 1 aromatic carbocycles. The molecule has 3 rings (SSSR count).